The zero-order valence-corrected chi connectivity index (χ0v) is 12.6. The van der Waals surface area contributed by atoms with E-state index in [1.54, 1.807) is 18.2 Å². The lowest BCUT2D eigenvalue weighted by molar-refractivity contribution is -0.139. The quantitative estimate of drug-likeness (QED) is 0.535. The van der Waals surface area contributed by atoms with Crippen molar-refractivity contribution in [2.24, 2.45) is 5.41 Å². The molecular weight excluding hydrogens is 286 g/mol. The molecule has 0 aliphatic heterocycles. The summed E-state index contributed by atoms with van der Waals surface area (Å²) >= 11 is 9.72. The van der Waals surface area contributed by atoms with Crippen molar-refractivity contribution >= 4 is 30.5 Å². The number of hydrogen-bond donors (Lipinski definition) is 3. The Kier molecular flexibility index (Phi) is 5.97. The van der Waals surface area contributed by atoms with Crippen LogP contribution in [-0.2, 0) is 11.3 Å². The first-order chi connectivity index (χ1) is 8.84. The molecule has 1 aromatic carbocycles. The maximum atomic E-state index is 10.7. The number of carbonyl (C=O) groups is 1. The summed E-state index contributed by atoms with van der Waals surface area (Å²) < 4.78 is 4.95. The van der Waals surface area contributed by atoms with E-state index in [1.807, 2.05) is 13.8 Å². The molecule has 0 aromatic heterocycles. The van der Waals surface area contributed by atoms with Crippen LogP contribution in [0.3, 0.4) is 0 Å². The summed E-state index contributed by atoms with van der Waals surface area (Å²) in [6, 6.07) is 5.27. The van der Waals surface area contributed by atoms with Gasteiger partial charge in [-0.25, -0.2) is 0 Å². The lowest BCUT2D eigenvalue weighted by atomic mass is 9.89. The number of carboxylic acids is 1. The molecule has 19 heavy (non-hydrogen) atoms. The molecule has 0 radical (unpaired) electrons. The second-order valence-corrected chi connectivity index (χ2v) is 5.80. The Balaban J connectivity index is 2.57. The summed E-state index contributed by atoms with van der Waals surface area (Å²) in [4.78, 5) is 10.7. The van der Waals surface area contributed by atoms with Crippen LogP contribution in [0.25, 0.3) is 0 Å². The minimum atomic E-state index is -0.797. The highest BCUT2D eigenvalue weighted by molar-refractivity contribution is 7.75. The van der Waals surface area contributed by atoms with Gasteiger partial charge in [0.1, 0.15) is 5.75 Å². The largest absolute Gasteiger partial charge is 0.481 e. The highest BCUT2D eigenvalue weighted by atomic mass is 35.5. The molecule has 0 aliphatic carbocycles. The minimum absolute atomic E-state index is 0.117. The van der Waals surface area contributed by atoms with Crippen molar-refractivity contribution in [2.75, 3.05) is 6.54 Å². The van der Waals surface area contributed by atoms with Crippen LogP contribution in [0.5, 0.6) is 5.75 Å². The Labute approximate surface area is 123 Å². The predicted octanol–water partition coefficient (Wildman–Crippen LogP) is 3.15. The molecule has 106 valence electrons. The number of rotatable bonds is 7. The van der Waals surface area contributed by atoms with Crippen LogP contribution in [0.4, 0.5) is 0 Å². The van der Waals surface area contributed by atoms with E-state index in [2.05, 4.69) is 18.2 Å². The number of nitrogens with one attached hydrogen (secondary N) is 1. The molecule has 0 saturated heterocycles. The summed E-state index contributed by atoms with van der Waals surface area (Å²) in [5, 5.41) is 12.6. The fraction of sp³-hybridized carbons (Fsp3) is 0.462. The number of carboxylic acid groups (broad SMARTS) is 1. The average Bonchev–Trinajstić information content (AvgIpc) is 2.27. The second-order valence-electron chi connectivity index (χ2n) is 5.18. The number of halogens is 1. The van der Waals surface area contributed by atoms with Crippen molar-refractivity contribution in [3.05, 3.63) is 28.8 Å². The minimum Gasteiger partial charge on any atom is -0.481 e. The number of hydrogen-bond acceptors (Lipinski definition) is 4. The van der Waals surface area contributed by atoms with E-state index < -0.39 is 5.97 Å². The molecule has 0 saturated carbocycles. The molecule has 0 bridgehead atoms. The zero-order chi connectivity index (χ0) is 14.5. The summed E-state index contributed by atoms with van der Waals surface area (Å²) in [5.41, 5.74) is 0.570. The van der Waals surface area contributed by atoms with Crippen molar-refractivity contribution in [1.29, 1.82) is 0 Å². The van der Waals surface area contributed by atoms with Crippen LogP contribution >= 0.6 is 24.5 Å². The van der Waals surface area contributed by atoms with Gasteiger partial charge in [0.15, 0.2) is 0 Å². The number of thiol groups is 1. The van der Waals surface area contributed by atoms with E-state index in [1.165, 1.54) is 0 Å². The fourth-order valence-electron chi connectivity index (χ4n) is 1.78. The van der Waals surface area contributed by atoms with Crippen LogP contribution in [0.15, 0.2) is 18.2 Å². The van der Waals surface area contributed by atoms with Crippen LogP contribution in [0.2, 0.25) is 5.02 Å². The van der Waals surface area contributed by atoms with Gasteiger partial charge in [-0.05, 0) is 23.6 Å². The van der Waals surface area contributed by atoms with E-state index in [0.717, 1.165) is 5.56 Å². The Morgan fingerprint density at radius 3 is 2.79 bits per heavy atom. The summed E-state index contributed by atoms with van der Waals surface area (Å²) in [7, 11) is 0. The van der Waals surface area contributed by atoms with Gasteiger partial charge in [-0.1, -0.05) is 25.4 Å². The normalized spacial score (nSPS) is 11.4. The van der Waals surface area contributed by atoms with Gasteiger partial charge in [0.05, 0.1) is 6.42 Å². The molecule has 6 heteroatoms. The molecule has 0 heterocycles. The van der Waals surface area contributed by atoms with Crippen molar-refractivity contribution in [1.82, 2.24) is 5.32 Å². The lowest BCUT2D eigenvalue weighted by Crippen LogP contribution is -2.31. The van der Waals surface area contributed by atoms with E-state index >= 15 is 0 Å². The standard InChI is InChI=1S/C13H18ClNO3S/c1-13(2,6-12(16)17)8-15-7-9-5-10(14)3-4-11(9)18-19/h3-5,15,19H,6-8H2,1-2H3,(H,16,17). The van der Waals surface area contributed by atoms with Crippen LogP contribution in [0, 0.1) is 5.41 Å². The third kappa shape index (κ3) is 5.72. The van der Waals surface area contributed by atoms with Gasteiger partial charge in [-0.15, -0.1) is 0 Å². The van der Waals surface area contributed by atoms with Crippen LogP contribution in [0.1, 0.15) is 25.8 Å². The third-order valence-corrected chi connectivity index (χ3v) is 3.10. The predicted molar refractivity (Wildman–Crippen MR) is 78.8 cm³/mol. The third-order valence-electron chi connectivity index (χ3n) is 2.67. The monoisotopic (exact) mass is 303 g/mol. The Morgan fingerprint density at radius 1 is 1.53 bits per heavy atom. The van der Waals surface area contributed by atoms with Gasteiger partial charge in [0.2, 0.25) is 0 Å². The van der Waals surface area contributed by atoms with Gasteiger partial charge < -0.3 is 14.6 Å². The molecule has 0 amide bonds. The zero-order valence-electron chi connectivity index (χ0n) is 10.9. The molecule has 4 nitrogen and oxygen atoms in total. The van der Waals surface area contributed by atoms with E-state index in [9.17, 15) is 4.79 Å². The molecule has 2 N–H and O–H groups in total. The first-order valence-electron chi connectivity index (χ1n) is 5.86. The Hall–Kier alpha value is -0.910. The number of aliphatic carboxylic acids is 1. The smallest absolute Gasteiger partial charge is 0.303 e. The molecular formula is C13H18ClNO3S. The van der Waals surface area contributed by atoms with Gasteiger partial charge >= 0.3 is 5.97 Å². The van der Waals surface area contributed by atoms with Gasteiger partial charge in [0.25, 0.3) is 0 Å². The highest BCUT2D eigenvalue weighted by Gasteiger charge is 2.21. The SMILES string of the molecule is CC(C)(CNCc1cc(Cl)ccc1OS)CC(=O)O. The number of benzene rings is 1. The summed E-state index contributed by atoms with van der Waals surface area (Å²) in [6.45, 7) is 4.93. The Morgan fingerprint density at radius 2 is 2.21 bits per heavy atom. The molecule has 0 fully saturated rings. The summed E-state index contributed by atoms with van der Waals surface area (Å²) in [6.07, 6.45) is 0.117. The average molecular weight is 304 g/mol. The molecule has 0 unspecified atom stereocenters. The summed E-state index contributed by atoms with van der Waals surface area (Å²) in [5.74, 6) is -0.162. The van der Waals surface area contributed by atoms with Gasteiger partial charge in [-0.3, -0.25) is 4.79 Å². The van der Waals surface area contributed by atoms with Crippen LogP contribution < -0.4 is 9.50 Å². The van der Waals surface area contributed by atoms with Crippen LogP contribution in [-0.4, -0.2) is 17.6 Å². The molecule has 0 aliphatic rings. The van der Waals surface area contributed by atoms with Crippen molar-refractivity contribution < 1.29 is 14.1 Å². The molecule has 1 aromatic rings. The first-order valence-corrected chi connectivity index (χ1v) is 6.61. The van der Waals surface area contributed by atoms with E-state index in [0.29, 0.717) is 23.9 Å². The second kappa shape index (κ2) is 7.03. The van der Waals surface area contributed by atoms with Crippen molar-refractivity contribution in [2.45, 2.75) is 26.8 Å². The van der Waals surface area contributed by atoms with Gasteiger partial charge in [-0.2, -0.15) is 0 Å². The maximum Gasteiger partial charge on any atom is 0.303 e. The highest BCUT2D eigenvalue weighted by Crippen LogP contribution is 2.24. The molecule has 1 rings (SSSR count). The first kappa shape index (κ1) is 16.1. The topological polar surface area (TPSA) is 58.6 Å². The maximum absolute atomic E-state index is 10.7. The fourth-order valence-corrected chi connectivity index (χ4v) is 2.16. The van der Waals surface area contributed by atoms with Crippen molar-refractivity contribution in [3.63, 3.8) is 0 Å². The molecule has 0 spiro atoms. The lowest BCUT2D eigenvalue weighted by Gasteiger charge is -2.23. The Bertz CT molecular complexity index is 452. The van der Waals surface area contributed by atoms with Crippen molar-refractivity contribution in [3.8, 4) is 5.75 Å². The van der Waals surface area contributed by atoms with Gasteiger partial charge in [0, 0.05) is 36.6 Å². The van der Waals surface area contributed by atoms with E-state index in [-0.39, 0.29) is 11.8 Å². The van der Waals surface area contributed by atoms with E-state index in [4.69, 9.17) is 20.9 Å². The molecule has 0 atom stereocenters.